The second-order valence-corrected chi connectivity index (χ2v) is 4.24. The average Bonchev–Trinajstić information content (AvgIpc) is 2.20. The van der Waals surface area contributed by atoms with Crippen molar-refractivity contribution in [2.45, 2.75) is 65.2 Å². The lowest BCUT2D eigenvalue weighted by Crippen LogP contribution is -1.96. The van der Waals surface area contributed by atoms with Crippen molar-refractivity contribution in [1.82, 2.24) is 0 Å². The molecule has 0 spiro atoms. The largest absolute Gasteiger partial charge is 0.662 e. The van der Waals surface area contributed by atoms with Crippen LogP contribution in [0.5, 0.6) is 0 Å². The second-order valence-electron chi connectivity index (χ2n) is 4.24. The van der Waals surface area contributed by atoms with Gasteiger partial charge in [0.1, 0.15) is 5.78 Å². The van der Waals surface area contributed by atoms with Gasteiger partial charge in [-0.2, -0.15) is 0 Å². The predicted octanol–water partition coefficient (Wildman–Crippen LogP) is 4.09. The number of hydrogen-bond donors (Lipinski definition) is 0. The Balaban J connectivity index is 2.89. The van der Waals surface area contributed by atoms with E-state index in [0.29, 0.717) is 6.42 Å². The molecule has 0 heterocycles. The average molecular weight is 212 g/mol. The van der Waals surface area contributed by atoms with Crippen molar-refractivity contribution in [3.05, 3.63) is 5.32 Å². The third-order valence-electron chi connectivity index (χ3n) is 2.54. The summed E-state index contributed by atoms with van der Waals surface area (Å²) < 4.78 is 0. The fourth-order valence-electron chi connectivity index (χ4n) is 1.53. The van der Waals surface area contributed by atoms with Crippen molar-refractivity contribution in [2.24, 2.45) is 0 Å². The van der Waals surface area contributed by atoms with E-state index in [1.807, 2.05) is 0 Å². The number of nitrogens with zero attached hydrogens (tertiary/aromatic N) is 1. The van der Waals surface area contributed by atoms with Gasteiger partial charge in [0.15, 0.2) is 0 Å². The van der Waals surface area contributed by atoms with Crippen molar-refractivity contribution in [2.75, 3.05) is 13.1 Å². The monoisotopic (exact) mass is 212 g/mol. The molecule has 0 radical (unpaired) electrons. The molecule has 0 bridgehead atoms. The molecule has 2 heteroatoms. The molecule has 0 aliphatic rings. The highest BCUT2D eigenvalue weighted by Gasteiger charge is 1.88. The summed E-state index contributed by atoms with van der Waals surface area (Å²) in [6, 6.07) is 0. The number of hydrogen-bond acceptors (Lipinski definition) is 1. The maximum atomic E-state index is 10.6. The van der Waals surface area contributed by atoms with Crippen LogP contribution in [0.4, 0.5) is 0 Å². The van der Waals surface area contributed by atoms with E-state index < -0.39 is 0 Å². The van der Waals surface area contributed by atoms with Gasteiger partial charge >= 0.3 is 0 Å². The maximum Gasteiger partial charge on any atom is 0.128 e. The summed E-state index contributed by atoms with van der Waals surface area (Å²) in [5.74, 6) is 0.248. The van der Waals surface area contributed by atoms with E-state index in [2.05, 4.69) is 12.2 Å². The van der Waals surface area contributed by atoms with Gasteiger partial charge in [0, 0.05) is 0 Å². The third kappa shape index (κ3) is 13.6. The minimum Gasteiger partial charge on any atom is -0.662 e. The van der Waals surface area contributed by atoms with E-state index in [4.69, 9.17) is 0 Å². The predicted molar refractivity (Wildman–Crippen MR) is 66.4 cm³/mol. The molecular weight excluding hydrogens is 186 g/mol. The first kappa shape index (κ1) is 14.6. The Labute approximate surface area is 94.8 Å². The number of ketones is 1. The minimum atomic E-state index is 0.248. The molecule has 0 rings (SSSR count). The molecule has 0 fully saturated rings. The van der Waals surface area contributed by atoms with Gasteiger partial charge in [-0.3, -0.25) is 0 Å². The van der Waals surface area contributed by atoms with Crippen LogP contribution < -0.4 is 0 Å². The lowest BCUT2D eigenvalue weighted by Gasteiger charge is -2.17. The van der Waals surface area contributed by atoms with E-state index in [0.717, 1.165) is 13.1 Å². The number of carbonyl (C=O) groups excluding carboxylic acids is 1. The maximum absolute atomic E-state index is 10.6. The molecule has 0 unspecified atom stereocenters. The zero-order valence-corrected chi connectivity index (χ0v) is 10.4. The first-order chi connectivity index (χ1) is 7.27. The number of rotatable bonds is 11. The summed E-state index contributed by atoms with van der Waals surface area (Å²) in [4.78, 5) is 10.6. The molecule has 0 aromatic carbocycles. The third-order valence-corrected chi connectivity index (χ3v) is 2.54. The number of unbranched alkanes of at least 4 members (excludes halogenated alkanes) is 6. The Morgan fingerprint density at radius 1 is 0.933 bits per heavy atom. The van der Waals surface area contributed by atoms with Gasteiger partial charge in [0.2, 0.25) is 0 Å². The van der Waals surface area contributed by atoms with Crippen LogP contribution >= 0.6 is 0 Å². The van der Waals surface area contributed by atoms with Crippen LogP contribution in [0.2, 0.25) is 0 Å². The van der Waals surface area contributed by atoms with Crippen LogP contribution in [0.25, 0.3) is 5.32 Å². The molecule has 0 amide bonds. The van der Waals surface area contributed by atoms with Crippen molar-refractivity contribution >= 4 is 5.78 Å². The summed E-state index contributed by atoms with van der Waals surface area (Å²) in [5, 5.41) is 4.32. The van der Waals surface area contributed by atoms with Crippen molar-refractivity contribution in [1.29, 1.82) is 0 Å². The Bertz CT molecular complexity index is 145. The van der Waals surface area contributed by atoms with Crippen LogP contribution in [0.1, 0.15) is 65.2 Å². The molecule has 2 nitrogen and oxygen atoms in total. The molecule has 0 atom stereocenters. The molecule has 0 aromatic rings. The molecule has 90 valence electrons. The highest BCUT2D eigenvalue weighted by Crippen LogP contribution is 2.07. The second kappa shape index (κ2) is 11.7. The van der Waals surface area contributed by atoms with Gasteiger partial charge < -0.3 is 10.1 Å². The van der Waals surface area contributed by atoms with Crippen molar-refractivity contribution in [3.63, 3.8) is 0 Å². The lowest BCUT2D eigenvalue weighted by molar-refractivity contribution is -0.116. The first-order valence-corrected chi connectivity index (χ1v) is 6.40. The number of carbonyl (C=O) groups is 1. The molecular formula is C13H26NO-. The van der Waals surface area contributed by atoms with Crippen molar-refractivity contribution in [3.8, 4) is 0 Å². The fourth-order valence-corrected chi connectivity index (χ4v) is 1.53. The summed E-state index contributed by atoms with van der Waals surface area (Å²) in [7, 11) is 0. The van der Waals surface area contributed by atoms with Gasteiger partial charge in [-0.15, -0.1) is 13.1 Å². The summed E-state index contributed by atoms with van der Waals surface area (Å²) >= 11 is 0. The summed E-state index contributed by atoms with van der Waals surface area (Å²) in [5.41, 5.74) is 0. The van der Waals surface area contributed by atoms with E-state index in [1.165, 1.54) is 44.9 Å². The Kier molecular flexibility index (Phi) is 11.4. The standard InChI is InChI=1S/C13H26NO/c1-3-4-5-6-7-8-9-11-14-12-10-13(2)15/h3-12H2,1-2H3/q-1. The van der Waals surface area contributed by atoms with Gasteiger partial charge in [-0.05, 0) is 13.3 Å². The van der Waals surface area contributed by atoms with Gasteiger partial charge in [0.05, 0.1) is 0 Å². The fraction of sp³-hybridized carbons (Fsp3) is 0.923. The normalized spacial score (nSPS) is 10.5. The Morgan fingerprint density at radius 2 is 1.53 bits per heavy atom. The van der Waals surface area contributed by atoms with E-state index in [1.54, 1.807) is 6.92 Å². The lowest BCUT2D eigenvalue weighted by atomic mass is 10.1. The molecule has 0 aromatic heterocycles. The van der Waals surface area contributed by atoms with Crippen LogP contribution in [0.15, 0.2) is 0 Å². The molecule has 0 aliphatic carbocycles. The topological polar surface area (TPSA) is 31.2 Å². The Morgan fingerprint density at radius 3 is 2.13 bits per heavy atom. The quantitative estimate of drug-likeness (QED) is 0.475. The zero-order valence-electron chi connectivity index (χ0n) is 10.4. The molecule has 0 saturated carbocycles. The van der Waals surface area contributed by atoms with E-state index >= 15 is 0 Å². The van der Waals surface area contributed by atoms with Crippen LogP contribution in [-0.4, -0.2) is 18.9 Å². The summed E-state index contributed by atoms with van der Waals surface area (Å²) in [6.45, 7) is 5.55. The van der Waals surface area contributed by atoms with E-state index in [9.17, 15) is 4.79 Å². The van der Waals surface area contributed by atoms with Crippen molar-refractivity contribution < 1.29 is 4.79 Å². The van der Waals surface area contributed by atoms with Gasteiger partial charge in [-0.25, -0.2) is 0 Å². The Hall–Kier alpha value is -0.370. The minimum absolute atomic E-state index is 0.248. The number of Topliss-reactive ketones (excluding diaryl/α,β-unsaturated/α-hetero) is 1. The highest BCUT2D eigenvalue weighted by atomic mass is 16.1. The highest BCUT2D eigenvalue weighted by molar-refractivity contribution is 5.75. The van der Waals surface area contributed by atoms with Gasteiger partial charge in [0.25, 0.3) is 0 Å². The van der Waals surface area contributed by atoms with Crippen LogP contribution in [-0.2, 0) is 4.79 Å². The molecule has 15 heavy (non-hydrogen) atoms. The molecule has 0 N–H and O–H groups in total. The van der Waals surface area contributed by atoms with E-state index in [-0.39, 0.29) is 5.78 Å². The molecule has 0 aliphatic heterocycles. The first-order valence-electron chi connectivity index (χ1n) is 6.40. The summed E-state index contributed by atoms with van der Waals surface area (Å²) in [6.07, 6.45) is 9.93. The SMILES string of the molecule is CCCCCCCCC[N-]CCC(C)=O. The molecule has 0 saturated heterocycles. The zero-order chi connectivity index (χ0) is 11.4. The van der Waals surface area contributed by atoms with Gasteiger partial charge in [-0.1, -0.05) is 51.9 Å². The smallest absolute Gasteiger partial charge is 0.128 e. The van der Waals surface area contributed by atoms with Crippen LogP contribution in [0, 0.1) is 0 Å². The van der Waals surface area contributed by atoms with Crippen LogP contribution in [0.3, 0.4) is 0 Å².